The molecule has 0 amide bonds. The van der Waals surface area contributed by atoms with E-state index < -0.39 is 5.97 Å². The molecule has 1 N–H and O–H groups in total. The highest BCUT2D eigenvalue weighted by Gasteiger charge is 2.37. The van der Waals surface area contributed by atoms with Gasteiger partial charge in [0.15, 0.2) is 0 Å². The van der Waals surface area contributed by atoms with Gasteiger partial charge < -0.3 is 5.11 Å². The molecule has 1 aromatic rings. The molecule has 100 valence electrons. The van der Waals surface area contributed by atoms with Crippen LogP contribution in [0.3, 0.4) is 0 Å². The molecule has 0 radical (unpaired) electrons. The number of nitrogens with zero attached hydrogens (tertiary/aromatic N) is 1. The lowest BCUT2D eigenvalue weighted by Gasteiger charge is -2.44. The lowest BCUT2D eigenvalue weighted by atomic mass is 9.78. The number of carbonyl (C=O) groups is 1. The van der Waals surface area contributed by atoms with Crippen LogP contribution in [0.2, 0.25) is 0 Å². The third-order valence-corrected chi connectivity index (χ3v) is 4.81. The summed E-state index contributed by atoms with van der Waals surface area (Å²) >= 11 is 1.70. The molecule has 1 aromatic heterocycles. The number of hydrogen-bond acceptors (Lipinski definition) is 3. The average Bonchev–Trinajstić information content (AvgIpc) is 2.82. The highest BCUT2D eigenvalue weighted by molar-refractivity contribution is 7.07. The van der Waals surface area contributed by atoms with E-state index in [0.717, 1.165) is 32.2 Å². The largest absolute Gasteiger partial charge is 0.481 e. The number of rotatable bonds is 5. The Morgan fingerprint density at radius 2 is 2.17 bits per heavy atom. The minimum absolute atomic E-state index is 0.133. The molecule has 1 fully saturated rings. The van der Waals surface area contributed by atoms with Crippen LogP contribution in [-0.2, 0) is 11.3 Å². The van der Waals surface area contributed by atoms with Crippen LogP contribution in [0, 0.1) is 0 Å². The quantitative estimate of drug-likeness (QED) is 0.889. The number of hydrogen-bond donors (Lipinski definition) is 1. The lowest BCUT2D eigenvalue weighted by Crippen LogP contribution is -2.48. The minimum atomic E-state index is -0.672. The summed E-state index contributed by atoms with van der Waals surface area (Å²) in [5.74, 6) is -0.672. The van der Waals surface area contributed by atoms with Crippen molar-refractivity contribution in [1.29, 1.82) is 0 Å². The van der Waals surface area contributed by atoms with Crippen molar-refractivity contribution >= 4 is 17.3 Å². The van der Waals surface area contributed by atoms with Crippen molar-refractivity contribution in [2.24, 2.45) is 0 Å². The number of aliphatic carboxylic acids is 1. The molecule has 2 rings (SSSR count). The van der Waals surface area contributed by atoms with Gasteiger partial charge in [0.2, 0.25) is 0 Å². The Morgan fingerprint density at radius 1 is 1.44 bits per heavy atom. The number of carboxylic acids is 1. The summed E-state index contributed by atoms with van der Waals surface area (Å²) < 4.78 is 0. The second kappa shape index (κ2) is 5.85. The maximum absolute atomic E-state index is 11.2. The molecular weight excluding hydrogens is 246 g/mol. The Bertz CT molecular complexity index is 383. The maximum Gasteiger partial charge on any atom is 0.305 e. The van der Waals surface area contributed by atoms with Crippen LogP contribution in [0.15, 0.2) is 16.8 Å². The topological polar surface area (TPSA) is 40.5 Å². The first-order chi connectivity index (χ1) is 8.62. The van der Waals surface area contributed by atoms with E-state index in [4.69, 9.17) is 0 Å². The van der Waals surface area contributed by atoms with E-state index in [0.29, 0.717) is 0 Å². The molecule has 1 saturated carbocycles. The fourth-order valence-corrected chi connectivity index (χ4v) is 3.67. The van der Waals surface area contributed by atoms with Crippen LogP contribution in [0.25, 0.3) is 0 Å². The van der Waals surface area contributed by atoms with Gasteiger partial charge >= 0.3 is 5.97 Å². The van der Waals surface area contributed by atoms with Crippen LogP contribution in [-0.4, -0.2) is 28.6 Å². The molecule has 4 heteroatoms. The van der Waals surface area contributed by atoms with Crippen molar-refractivity contribution < 1.29 is 9.90 Å². The van der Waals surface area contributed by atoms with E-state index >= 15 is 0 Å². The standard InChI is InChI=1S/C14H21NO2S/c1-15(10-12-5-8-18-11-12)14(9-13(16)17)6-3-2-4-7-14/h5,8,11H,2-4,6-7,9-10H2,1H3,(H,16,17). The fourth-order valence-electron chi connectivity index (χ4n) is 3.01. The Labute approximate surface area is 112 Å². The van der Waals surface area contributed by atoms with E-state index in [9.17, 15) is 9.90 Å². The van der Waals surface area contributed by atoms with Crippen molar-refractivity contribution in [2.75, 3.05) is 7.05 Å². The summed E-state index contributed by atoms with van der Waals surface area (Å²) in [6.07, 6.45) is 5.85. The van der Waals surface area contributed by atoms with Gasteiger partial charge in [-0.3, -0.25) is 9.69 Å². The van der Waals surface area contributed by atoms with E-state index in [1.807, 2.05) is 0 Å². The second-order valence-electron chi connectivity index (χ2n) is 5.34. The second-order valence-corrected chi connectivity index (χ2v) is 6.12. The zero-order valence-corrected chi connectivity index (χ0v) is 11.7. The zero-order chi connectivity index (χ0) is 13.0. The monoisotopic (exact) mass is 267 g/mol. The van der Waals surface area contributed by atoms with Crippen LogP contribution in [0.5, 0.6) is 0 Å². The maximum atomic E-state index is 11.2. The first-order valence-corrected chi connectivity index (χ1v) is 7.51. The average molecular weight is 267 g/mol. The van der Waals surface area contributed by atoms with Crippen molar-refractivity contribution in [3.05, 3.63) is 22.4 Å². The van der Waals surface area contributed by atoms with Gasteiger partial charge in [-0.05, 0) is 42.3 Å². The zero-order valence-electron chi connectivity index (χ0n) is 10.9. The van der Waals surface area contributed by atoms with Gasteiger partial charge in [0, 0.05) is 12.1 Å². The molecule has 1 aliphatic rings. The summed E-state index contributed by atoms with van der Waals surface area (Å²) in [6.45, 7) is 0.858. The van der Waals surface area contributed by atoms with E-state index in [1.54, 1.807) is 11.3 Å². The van der Waals surface area contributed by atoms with Gasteiger partial charge in [-0.25, -0.2) is 0 Å². The molecular formula is C14H21NO2S. The smallest absolute Gasteiger partial charge is 0.305 e. The van der Waals surface area contributed by atoms with Crippen LogP contribution in [0.1, 0.15) is 44.1 Å². The van der Waals surface area contributed by atoms with Crippen LogP contribution < -0.4 is 0 Å². The lowest BCUT2D eigenvalue weighted by molar-refractivity contribution is -0.141. The highest BCUT2D eigenvalue weighted by Crippen LogP contribution is 2.36. The molecule has 18 heavy (non-hydrogen) atoms. The molecule has 0 aromatic carbocycles. The third-order valence-electron chi connectivity index (χ3n) is 4.07. The Kier molecular flexibility index (Phi) is 4.40. The molecule has 1 aliphatic carbocycles. The van der Waals surface area contributed by atoms with Gasteiger partial charge in [-0.15, -0.1) is 0 Å². The summed E-state index contributed by atoms with van der Waals surface area (Å²) in [6, 6.07) is 2.12. The van der Waals surface area contributed by atoms with E-state index in [1.165, 1.54) is 12.0 Å². The predicted molar refractivity (Wildman–Crippen MR) is 73.9 cm³/mol. The van der Waals surface area contributed by atoms with Crippen molar-refractivity contribution in [3.8, 4) is 0 Å². The highest BCUT2D eigenvalue weighted by atomic mass is 32.1. The Hall–Kier alpha value is -0.870. The SMILES string of the molecule is CN(Cc1ccsc1)C1(CC(=O)O)CCCCC1. The first kappa shape index (κ1) is 13.6. The van der Waals surface area contributed by atoms with Gasteiger partial charge in [0.1, 0.15) is 0 Å². The van der Waals surface area contributed by atoms with Crippen molar-refractivity contribution in [2.45, 2.75) is 50.6 Å². The van der Waals surface area contributed by atoms with Gasteiger partial charge in [0.05, 0.1) is 6.42 Å². The molecule has 0 spiro atoms. The number of carboxylic acid groups (broad SMARTS) is 1. The number of thiophene rings is 1. The van der Waals surface area contributed by atoms with Gasteiger partial charge in [0.25, 0.3) is 0 Å². The molecule has 0 atom stereocenters. The predicted octanol–water partition coefficient (Wildman–Crippen LogP) is 3.36. The molecule has 0 saturated heterocycles. The summed E-state index contributed by atoms with van der Waals surface area (Å²) in [4.78, 5) is 13.4. The normalized spacial score (nSPS) is 19.0. The third kappa shape index (κ3) is 3.12. The molecule has 0 bridgehead atoms. The van der Waals surface area contributed by atoms with Crippen LogP contribution in [0.4, 0.5) is 0 Å². The van der Waals surface area contributed by atoms with Crippen LogP contribution >= 0.6 is 11.3 Å². The van der Waals surface area contributed by atoms with E-state index in [2.05, 4.69) is 28.8 Å². The van der Waals surface area contributed by atoms with Crippen molar-refractivity contribution in [3.63, 3.8) is 0 Å². The Balaban J connectivity index is 2.09. The summed E-state index contributed by atoms with van der Waals surface area (Å²) in [7, 11) is 2.08. The summed E-state index contributed by atoms with van der Waals surface area (Å²) in [5, 5.41) is 13.4. The Morgan fingerprint density at radius 3 is 2.72 bits per heavy atom. The van der Waals surface area contributed by atoms with Gasteiger partial charge in [-0.1, -0.05) is 19.3 Å². The molecule has 0 aliphatic heterocycles. The first-order valence-electron chi connectivity index (χ1n) is 6.56. The molecule has 1 heterocycles. The fraction of sp³-hybridized carbons (Fsp3) is 0.643. The van der Waals surface area contributed by atoms with Gasteiger partial charge in [-0.2, -0.15) is 11.3 Å². The molecule has 3 nitrogen and oxygen atoms in total. The van der Waals surface area contributed by atoms with E-state index in [-0.39, 0.29) is 12.0 Å². The summed E-state index contributed by atoms with van der Waals surface area (Å²) in [5.41, 5.74) is 1.16. The van der Waals surface area contributed by atoms with Crippen molar-refractivity contribution in [1.82, 2.24) is 4.90 Å². The molecule has 0 unspecified atom stereocenters. The minimum Gasteiger partial charge on any atom is -0.481 e.